The Morgan fingerprint density at radius 2 is 0.446 bits per heavy atom. The van der Waals surface area contributed by atoms with Crippen LogP contribution >= 0.6 is 0 Å². The summed E-state index contributed by atoms with van der Waals surface area (Å²) in [5, 5.41) is 0. The SMILES string of the molecule is C.Cc1ccc(-c2nc3cccnc3n2-c2ccc(C)cc2)cc1.Cc1ccc(-c2nc3ccncc3n2-c2ccc(C)cc2)cc1.Cc1ccc(-c2nc3cnccc3n2-c2ccc(C)cc2)cc1.Cc1ccc(-c2nc3cncnc3n2-c2ccc(C)cc2)cc1.Cc1ccc(-c2nc3ncccc3n2-c2ccc(C)cc2)cc1.Cc1ccc(-c2nc3nccnc3n2-c2ccc(C)cc2)cc1. The third kappa shape index (κ3) is 20.2. The highest BCUT2D eigenvalue weighted by Gasteiger charge is 2.23. The minimum absolute atomic E-state index is 0. The fraction of sp³-hybridized carbons (Fsp3) is 0.109. The molecule has 0 spiro atoms. The highest BCUT2D eigenvalue weighted by atomic mass is 15.2. The van der Waals surface area contributed by atoms with E-state index in [1.807, 2.05) is 55.1 Å². The second-order valence-corrected chi connectivity index (χ2v) is 34.7. The van der Waals surface area contributed by atoms with Crippen LogP contribution in [0.2, 0.25) is 0 Å². The Balaban J connectivity index is 0.000000110. The molecule has 0 saturated heterocycles. The van der Waals surface area contributed by atoms with Gasteiger partial charge in [-0.3, -0.25) is 37.4 Å². The second kappa shape index (κ2) is 41.0. The quantitative estimate of drug-likeness (QED) is 0.111. The molecule has 20 nitrogen and oxygen atoms in total. The molecule has 12 aromatic heterocycles. The topological polar surface area (TPSA) is 210 Å². The van der Waals surface area contributed by atoms with Crippen LogP contribution in [0.1, 0.15) is 74.2 Å². The molecule has 680 valence electrons. The van der Waals surface area contributed by atoms with Gasteiger partial charge in [0.05, 0.1) is 40.7 Å². The van der Waals surface area contributed by atoms with Gasteiger partial charge in [-0.15, -0.1) is 0 Å². The van der Waals surface area contributed by atoms with Gasteiger partial charge in [0.1, 0.15) is 57.8 Å². The van der Waals surface area contributed by atoms with Crippen LogP contribution in [-0.4, -0.2) is 97.2 Å². The molecular formula is C119H104N20. The van der Waals surface area contributed by atoms with E-state index >= 15 is 0 Å². The van der Waals surface area contributed by atoms with Crippen molar-refractivity contribution < 1.29 is 0 Å². The number of hydrogen-bond donors (Lipinski definition) is 0. The number of pyridine rings is 4. The summed E-state index contributed by atoms with van der Waals surface area (Å²) < 4.78 is 12.8. The number of nitrogens with zero attached hydrogens (tertiary/aromatic N) is 20. The first-order valence-corrected chi connectivity index (χ1v) is 45.9. The minimum Gasteiger partial charge on any atom is -0.292 e. The molecule has 24 aromatic rings. The van der Waals surface area contributed by atoms with Crippen molar-refractivity contribution in [2.24, 2.45) is 0 Å². The Labute approximate surface area is 808 Å². The maximum atomic E-state index is 4.83. The number of rotatable bonds is 12. The van der Waals surface area contributed by atoms with Gasteiger partial charge in [0, 0.05) is 105 Å². The lowest BCUT2D eigenvalue weighted by Crippen LogP contribution is -1.98. The lowest BCUT2D eigenvalue weighted by molar-refractivity contribution is 1.07. The van der Waals surface area contributed by atoms with Crippen LogP contribution in [0.3, 0.4) is 0 Å². The first-order valence-electron chi connectivity index (χ1n) is 45.9. The number of aromatic nitrogens is 20. The van der Waals surface area contributed by atoms with E-state index in [1.165, 1.54) is 66.8 Å². The number of fused-ring (bicyclic) bond motifs is 6. The summed E-state index contributed by atoms with van der Waals surface area (Å²) in [5.74, 6) is 5.46. The van der Waals surface area contributed by atoms with E-state index in [9.17, 15) is 0 Å². The molecule has 0 bridgehead atoms. The van der Waals surface area contributed by atoms with Crippen LogP contribution in [-0.2, 0) is 0 Å². The van der Waals surface area contributed by atoms with E-state index in [2.05, 4.69) is 448 Å². The normalized spacial score (nSPS) is 11.0. The molecule has 20 heteroatoms. The Morgan fingerprint density at radius 1 is 0.173 bits per heavy atom. The average molecular weight is 1810 g/mol. The van der Waals surface area contributed by atoms with Crippen molar-refractivity contribution in [1.29, 1.82) is 0 Å². The number of aryl methyl sites for hydroxylation is 12. The molecule has 0 N–H and O–H groups in total. The zero-order valence-corrected chi connectivity index (χ0v) is 78.9. The third-order valence-electron chi connectivity index (χ3n) is 24.0. The molecular weight excluding hydrogens is 1710 g/mol. The summed E-state index contributed by atoms with van der Waals surface area (Å²) in [6, 6.07) is 113. The Bertz CT molecular complexity index is 7070. The maximum Gasteiger partial charge on any atom is 0.198 e. The minimum atomic E-state index is 0. The fourth-order valence-electron chi connectivity index (χ4n) is 16.4. The lowest BCUT2D eigenvalue weighted by Gasteiger charge is -2.10. The van der Waals surface area contributed by atoms with Crippen molar-refractivity contribution >= 4 is 66.9 Å². The molecule has 12 heterocycles. The number of benzene rings is 12. The van der Waals surface area contributed by atoms with Crippen molar-refractivity contribution in [2.45, 2.75) is 90.5 Å². The van der Waals surface area contributed by atoms with E-state index in [0.29, 0.717) is 5.65 Å². The average Bonchev–Trinajstić information content (AvgIpc) is 1.62. The molecule has 0 radical (unpaired) electrons. The van der Waals surface area contributed by atoms with Gasteiger partial charge < -0.3 is 0 Å². The summed E-state index contributed by atoms with van der Waals surface area (Å²) in [4.78, 5) is 63.5. The van der Waals surface area contributed by atoms with Crippen LogP contribution in [0.15, 0.2) is 390 Å². The molecule has 0 fully saturated rings. The first kappa shape index (κ1) is 91.7. The molecule has 0 saturated carbocycles. The largest absolute Gasteiger partial charge is 0.292 e. The molecule has 24 rings (SSSR count). The van der Waals surface area contributed by atoms with Crippen molar-refractivity contribution in [3.63, 3.8) is 0 Å². The van der Waals surface area contributed by atoms with Gasteiger partial charge in [-0.05, 0) is 192 Å². The number of imidazole rings is 6. The molecule has 0 aliphatic carbocycles. The summed E-state index contributed by atoms with van der Waals surface area (Å²) in [5.41, 5.74) is 38.4. The molecule has 12 aromatic carbocycles. The van der Waals surface area contributed by atoms with Gasteiger partial charge in [-0.25, -0.2) is 59.8 Å². The van der Waals surface area contributed by atoms with Crippen molar-refractivity contribution in [1.82, 2.24) is 97.2 Å². The van der Waals surface area contributed by atoms with E-state index < -0.39 is 0 Å². The first-order chi connectivity index (χ1) is 67.3. The van der Waals surface area contributed by atoms with Crippen molar-refractivity contribution in [3.8, 4) is 102 Å². The Morgan fingerprint density at radius 3 is 0.871 bits per heavy atom. The highest BCUT2D eigenvalue weighted by Crippen LogP contribution is 2.36. The number of hydrogen-bond acceptors (Lipinski definition) is 14. The van der Waals surface area contributed by atoms with Gasteiger partial charge in [0.15, 0.2) is 28.2 Å². The van der Waals surface area contributed by atoms with E-state index in [0.717, 1.165) is 164 Å². The van der Waals surface area contributed by atoms with Gasteiger partial charge >= 0.3 is 0 Å². The fourth-order valence-corrected chi connectivity index (χ4v) is 16.4. The smallest absolute Gasteiger partial charge is 0.198 e. The van der Waals surface area contributed by atoms with E-state index in [4.69, 9.17) is 29.9 Å². The maximum absolute atomic E-state index is 4.83. The van der Waals surface area contributed by atoms with Gasteiger partial charge in [-0.2, -0.15) is 0 Å². The molecule has 139 heavy (non-hydrogen) atoms. The Hall–Kier alpha value is -17.8. The summed E-state index contributed by atoms with van der Waals surface area (Å²) in [6.45, 7) is 25.1. The van der Waals surface area contributed by atoms with Crippen LogP contribution in [0.4, 0.5) is 0 Å². The van der Waals surface area contributed by atoms with Gasteiger partial charge in [0.2, 0.25) is 0 Å². The molecule has 0 unspecified atom stereocenters. The molecule has 0 aliphatic rings. The lowest BCUT2D eigenvalue weighted by atomic mass is 10.1. The molecule has 0 aliphatic heterocycles. The van der Waals surface area contributed by atoms with E-state index in [-0.39, 0.29) is 7.43 Å². The van der Waals surface area contributed by atoms with E-state index in [1.54, 1.807) is 37.3 Å². The van der Waals surface area contributed by atoms with Crippen molar-refractivity contribution in [3.05, 3.63) is 456 Å². The third-order valence-corrected chi connectivity index (χ3v) is 24.0. The summed E-state index contributed by atoms with van der Waals surface area (Å²) in [7, 11) is 0. The van der Waals surface area contributed by atoms with Crippen LogP contribution in [0.5, 0.6) is 0 Å². The summed E-state index contributed by atoms with van der Waals surface area (Å²) in [6.07, 6.45) is 17.6. The predicted octanol–water partition coefficient (Wildman–Crippen LogP) is 27.7. The second-order valence-electron chi connectivity index (χ2n) is 34.7. The highest BCUT2D eigenvalue weighted by molar-refractivity contribution is 5.87. The predicted molar refractivity (Wildman–Crippen MR) is 565 cm³/mol. The van der Waals surface area contributed by atoms with Gasteiger partial charge in [0.25, 0.3) is 0 Å². The zero-order chi connectivity index (χ0) is 94.9. The van der Waals surface area contributed by atoms with Crippen molar-refractivity contribution in [2.75, 3.05) is 0 Å². The monoisotopic (exact) mass is 1810 g/mol. The van der Waals surface area contributed by atoms with Crippen LogP contribution < -0.4 is 0 Å². The standard InChI is InChI=1S/4C20H17N3.2C19H16N4.CH4/c1-14-3-7-16(8-4-14)20-22-18-13-21-12-11-19(18)23(20)17-9-5-15(2)6-10-17;1-14-3-7-16(8-4-14)20-22-18-11-12-21-13-19(18)23(20)17-9-5-15(2)6-10-17;1-14-5-9-16(10-6-14)20-22-19-18(4-3-13-21-19)23(20)17-11-7-15(2)8-12-17;1-14-5-9-16(10-6-14)19-22-18-4-3-13-21-20(18)23(19)17-11-7-15(2)8-12-17;1-13-3-7-15(8-4-13)18-22-17-11-20-12-21-19(17)23(18)16-9-5-14(2)6-10-16;1-13-3-7-15(8-4-13)18-22-17-19(21-12-11-20-17)23(18)16-9-5-14(2)6-10-16;/h4*3-13H,1-2H3;2*3-12H,1-2H3;1H4. The summed E-state index contributed by atoms with van der Waals surface area (Å²) >= 11 is 0. The van der Waals surface area contributed by atoms with Gasteiger partial charge in [-0.1, -0.05) is 293 Å². The Kier molecular flexibility index (Phi) is 27.0. The molecule has 0 atom stereocenters. The van der Waals surface area contributed by atoms with Crippen LogP contribution in [0.25, 0.3) is 169 Å². The van der Waals surface area contributed by atoms with Crippen LogP contribution in [0, 0.1) is 83.1 Å². The zero-order valence-electron chi connectivity index (χ0n) is 78.9. The molecule has 0 amide bonds.